The summed E-state index contributed by atoms with van der Waals surface area (Å²) >= 11 is 3.22. The van der Waals surface area contributed by atoms with Crippen LogP contribution in [0, 0.1) is 0 Å². The smallest absolute Gasteiger partial charge is 0.172 e. The zero-order valence-electron chi connectivity index (χ0n) is 7.44. The molecule has 76 valence electrons. The molecular weight excluding hydrogens is 268 g/mol. The van der Waals surface area contributed by atoms with E-state index >= 15 is 0 Å². The SMILES string of the molecule is CS(=O)(=O)/C=C(\O)c1cccc(Br)c1. The molecule has 1 N–H and O–H groups in total. The molecule has 0 radical (unpaired) electrons. The van der Waals surface area contributed by atoms with E-state index in [0.29, 0.717) is 5.56 Å². The Kier molecular flexibility index (Phi) is 3.34. The lowest BCUT2D eigenvalue weighted by atomic mass is 10.2. The minimum absolute atomic E-state index is 0.256. The molecule has 3 nitrogen and oxygen atoms in total. The zero-order chi connectivity index (χ0) is 10.8. The van der Waals surface area contributed by atoms with Gasteiger partial charge in [0.05, 0.1) is 5.41 Å². The Morgan fingerprint density at radius 2 is 2.14 bits per heavy atom. The highest BCUT2D eigenvalue weighted by Crippen LogP contribution is 2.17. The van der Waals surface area contributed by atoms with E-state index < -0.39 is 9.84 Å². The van der Waals surface area contributed by atoms with Gasteiger partial charge < -0.3 is 5.11 Å². The van der Waals surface area contributed by atoms with Gasteiger partial charge in [-0.2, -0.15) is 0 Å². The molecule has 0 aliphatic carbocycles. The molecule has 0 atom stereocenters. The van der Waals surface area contributed by atoms with E-state index in [0.717, 1.165) is 16.1 Å². The van der Waals surface area contributed by atoms with E-state index in [9.17, 15) is 13.5 Å². The Morgan fingerprint density at radius 3 is 2.64 bits per heavy atom. The fraction of sp³-hybridized carbons (Fsp3) is 0.111. The monoisotopic (exact) mass is 276 g/mol. The number of rotatable bonds is 2. The van der Waals surface area contributed by atoms with Crippen molar-refractivity contribution in [2.45, 2.75) is 0 Å². The van der Waals surface area contributed by atoms with Crippen LogP contribution in [0.15, 0.2) is 34.1 Å². The van der Waals surface area contributed by atoms with Gasteiger partial charge in [0.1, 0.15) is 5.76 Å². The van der Waals surface area contributed by atoms with E-state index in [1.165, 1.54) is 0 Å². The molecule has 0 aliphatic rings. The quantitative estimate of drug-likeness (QED) is 0.844. The Hall–Kier alpha value is -0.810. The predicted molar refractivity (Wildman–Crippen MR) is 59.6 cm³/mol. The predicted octanol–water partition coefficient (Wildman–Crippen LogP) is 2.35. The molecule has 1 rings (SSSR count). The Balaban J connectivity index is 3.13. The second-order valence-corrected chi connectivity index (χ2v) is 5.65. The summed E-state index contributed by atoms with van der Waals surface area (Å²) in [6, 6.07) is 6.77. The first-order valence-corrected chi connectivity index (χ1v) is 6.50. The molecule has 0 amide bonds. The molecule has 0 aliphatic heterocycles. The van der Waals surface area contributed by atoms with Gasteiger partial charge in [-0.15, -0.1) is 0 Å². The van der Waals surface area contributed by atoms with Gasteiger partial charge in [0.25, 0.3) is 0 Å². The van der Waals surface area contributed by atoms with Crippen LogP contribution >= 0.6 is 15.9 Å². The molecule has 0 bridgehead atoms. The molecule has 14 heavy (non-hydrogen) atoms. The van der Waals surface area contributed by atoms with Gasteiger partial charge in [-0.3, -0.25) is 0 Å². The van der Waals surface area contributed by atoms with Gasteiger partial charge in [0.2, 0.25) is 0 Å². The van der Waals surface area contributed by atoms with Crippen molar-refractivity contribution in [3.05, 3.63) is 39.7 Å². The third kappa shape index (κ3) is 3.51. The normalized spacial score (nSPS) is 12.9. The molecule has 0 fully saturated rings. The number of halogens is 1. The standard InChI is InChI=1S/C9H9BrO3S/c1-14(12,13)6-9(11)7-3-2-4-8(10)5-7/h2-6,11H,1H3/b9-6-. The molecule has 0 spiro atoms. The topological polar surface area (TPSA) is 54.4 Å². The van der Waals surface area contributed by atoms with Gasteiger partial charge in [-0.25, -0.2) is 8.42 Å². The maximum atomic E-state index is 10.9. The van der Waals surface area contributed by atoms with Crippen molar-refractivity contribution in [1.82, 2.24) is 0 Å². The second kappa shape index (κ2) is 4.14. The summed E-state index contributed by atoms with van der Waals surface area (Å²) < 4.78 is 22.5. The molecule has 0 heterocycles. The lowest BCUT2D eigenvalue weighted by Crippen LogP contribution is -1.92. The molecular formula is C9H9BrO3S. The first-order valence-electron chi connectivity index (χ1n) is 3.75. The van der Waals surface area contributed by atoms with E-state index in [-0.39, 0.29) is 5.76 Å². The van der Waals surface area contributed by atoms with E-state index in [1.54, 1.807) is 24.3 Å². The summed E-state index contributed by atoms with van der Waals surface area (Å²) in [5.74, 6) is -0.256. The van der Waals surface area contributed by atoms with Gasteiger partial charge in [0.15, 0.2) is 9.84 Å². The Labute approximate surface area is 91.1 Å². The maximum absolute atomic E-state index is 10.9. The number of sulfone groups is 1. The minimum atomic E-state index is -3.31. The van der Waals surface area contributed by atoms with Crippen molar-refractivity contribution in [3.8, 4) is 0 Å². The molecule has 1 aromatic carbocycles. The summed E-state index contributed by atoms with van der Waals surface area (Å²) in [5.41, 5.74) is 0.463. The van der Waals surface area contributed by atoms with E-state index in [4.69, 9.17) is 0 Å². The third-order valence-corrected chi connectivity index (χ3v) is 2.59. The fourth-order valence-electron chi connectivity index (χ4n) is 0.919. The Morgan fingerprint density at radius 1 is 1.50 bits per heavy atom. The number of hydrogen-bond donors (Lipinski definition) is 1. The first-order chi connectivity index (χ1) is 6.38. The van der Waals surface area contributed by atoms with Crippen LogP contribution in [0.4, 0.5) is 0 Å². The summed E-state index contributed by atoms with van der Waals surface area (Å²) in [4.78, 5) is 0. The average Bonchev–Trinajstić information content (AvgIpc) is 2.01. The number of hydrogen-bond acceptors (Lipinski definition) is 3. The molecule has 0 saturated carbocycles. The van der Waals surface area contributed by atoms with Crippen molar-refractivity contribution in [2.75, 3.05) is 6.26 Å². The molecule has 0 saturated heterocycles. The summed E-state index contributed by atoms with van der Waals surface area (Å²) in [5, 5.41) is 10.3. The highest BCUT2D eigenvalue weighted by molar-refractivity contribution is 9.10. The van der Waals surface area contributed by atoms with Crippen molar-refractivity contribution in [3.63, 3.8) is 0 Å². The third-order valence-electron chi connectivity index (χ3n) is 1.45. The highest BCUT2D eigenvalue weighted by Gasteiger charge is 2.03. The second-order valence-electron chi connectivity index (χ2n) is 2.84. The number of aliphatic hydroxyl groups excluding tert-OH is 1. The average molecular weight is 277 g/mol. The summed E-state index contributed by atoms with van der Waals surface area (Å²) in [6.45, 7) is 0. The fourth-order valence-corrected chi connectivity index (χ4v) is 1.86. The van der Waals surface area contributed by atoms with Gasteiger partial charge >= 0.3 is 0 Å². The molecule has 0 unspecified atom stereocenters. The first kappa shape index (κ1) is 11.3. The van der Waals surface area contributed by atoms with Crippen LogP contribution in [0.5, 0.6) is 0 Å². The van der Waals surface area contributed by atoms with Crippen molar-refractivity contribution in [1.29, 1.82) is 0 Å². The van der Waals surface area contributed by atoms with Gasteiger partial charge in [0, 0.05) is 16.3 Å². The van der Waals surface area contributed by atoms with Crippen LogP contribution in [0.3, 0.4) is 0 Å². The lowest BCUT2D eigenvalue weighted by molar-refractivity contribution is 0.512. The minimum Gasteiger partial charge on any atom is -0.507 e. The summed E-state index contributed by atoms with van der Waals surface area (Å²) in [7, 11) is -3.31. The van der Waals surface area contributed by atoms with Gasteiger partial charge in [-0.05, 0) is 12.1 Å². The maximum Gasteiger partial charge on any atom is 0.172 e. The van der Waals surface area contributed by atoms with Crippen LogP contribution in [0.1, 0.15) is 5.56 Å². The van der Waals surface area contributed by atoms with Crippen LogP contribution in [-0.2, 0) is 9.84 Å². The van der Waals surface area contributed by atoms with Crippen molar-refractivity contribution < 1.29 is 13.5 Å². The van der Waals surface area contributed by atoms with Crippen LogP contribution in [0.2, 0.25) is 0 Å². The number of aliphatic hydroxyl groups is 1. The molecule has 1 aromatic rings. The largest absolute Gasteiger partial charge is 0.507 e. The van der Waals surface area contributed by atoms with Crippen molar-refractivity contribution in [2.24, 2.45) is 0 Å². The van der Waals surface area contributed by atoms with E-state index in [2.05, 4.69) is 15.9 Å². The number of benzene rings is 1. The lowest BCUT2D eigenvalue weighted by Gasteiger charge is -1.99. The molecule has 0 aromatic heterocycles. The van der Waals surface area contributed by atoms with Crippen LogP contribution in [-0.4, -0.2) is 19.8 Å². The van der Waals surface area contributed by atoms with Crippen molar-refractivity contribution >= 4 is 31.5 Å². The van der Waals surface area contributed by atoms with Gasteiger partial charge in [-0.1, -0.05) is 28.1 Å². The highest BCUT2D eigenvalue weighted by atomic mass is 79.9. The Bertz CT molecular complexity index is 463. The van der Waals surface area contributed by atoms with Crippen LogP contribution < -0.4 is 0 Å². The molecule has 5 heteroatoms. The summed E-state index contributed by atoms with van der Waals surface area (Å²) in [6.07, 6.45) is 1.03. The van der Waals surface area contributed by atoms with Crippen LogP contribution in [0.25, 0.3) is 5.76 Å². The van der Waals surface area contributed by atoms with E-state index in [1.807, 2.05) is 0 Å². The zero-order valence-corrected chi connectivity index (χ0v) is 9.84.